The van der Waals surface area contributed by atoms with Crippen LogP contribution in [0.1, 0.15) is 36.1 Å². The van der Waals surface area contributed by atoms with Crippen LogP contribution in [0, 0.1) is 5.92 Å². The highest BCUT2D eigenvalue weighted by Gasteiger charge is 2.27. The van der Waals surface area contributed by atoms with Crippen LogP contribution in [-0.2, 0) is 24.7 Å². The molecule has 1 saturated heterocycles. The third-order valence-corrected chi connectivity index (χ3v) is 6.54. The zero-order chi connectivity index (χ0) is 16.8. The van der Waals surface area contributed by atoms with Crippen LogP contribution in [0.5, 0.6) is 0 Å². The van der Waals surface area contributed by atoms with E-state index in [4.69, 9.17) is 10.7 Å². The lowest BCUT2D eigenvalue weighted by Gasteiger charge is -2.32. The Bertz CT molecular complexity index is 862. The maximum atomic E-state index is 12.9. The van der Waals surface area contributed by atoms with E-state index < -0.39 is 0 Å². The first-order valence-electron chi connectivity index (χ1n) is 8.62. The maximum Gasteiger partial charge on any atom is 0.263 e. The molecule has 2 aromatic rings. The zero-order valence-corrected chi connectivity index (χ0v) is 14.7. The van der Waals surface area contributed by atoms with Gasteiger partial charge in [-0.15, -0.1) is 11.3 Å². The Labute approximate surface area is 144 Å². The van der Waals surface area contributed by atoms with Gasteiger partial charge in [0.15, 0.2) is 0 Å². The smallest absolute Gasteiger partial charge is 0.263 e. The minimum absolute atomic E-state index is 0.0592. The second kappa shape index (κ2) is 5.88. The zero-order valence-electron chi connectivity index (χ0n) is 13.9. The highest BCUT2D eigenvalue weighted by Crippen LogP contribution is 2.34. The molecule has 7 heteroatoms. The summed E-state index contributed by atoms with van der Waals surface area (Å²) in [5.74, 6) is 0.433. The van der Waals surface area contributed by atoms with E-state index >= 15 is 0 Å². The van der Waals surface area contributed by atoms with Crippen molar-refractivity contribution < 1.29 is 4.79 Å². The minimum atomic E-state index is -0.224. The predicted octanol–water partition coefficient (Wildman–Crippen LogP) is 1.58. The molecule has 24 heavy (non-hydrogen) atoms. The number of hydrogen-bond donors (Lipinski definition) is 1. The van der Waals surface area contributed by atoms with Crippen molar-refractivity contribution in [3.63, 3.8) is 0 Å². The van der Waals surface area contributed by atoms with Gasteiger partial charge in [0.1, 0.15) is 4.83 Å². The molecule has 0 radical (unpaired) electrons. The molecule has 1 fully saturated rings. The molecule has 1 amide bonds. The van der Waals surface area contributed by atoms with E-state index in [-0.39, 0.29) is 17.4 Å². The van der Waals surface area contributed by atoms with Gasteiger partial charge < -0.3 is 10.6 Å². The molecule has 1 aliphatic heterocycles. The number of rotatable bonds is 2. The number of aryl methyl sites for hydroxylation is 2. The molecule has 0 saturated carbocycles. The Morgan fingerprint density at radius 1 is 1.25 bits per heavy atom. The SMILES string of the molecule is Cn1c(N2CCC(C(N)=O)CC2)nc2sc3c(c2c1=O)CCCC3. The number of anilines is 1. The first-order chi connectivity index (χ1) is 11.6. The second-order valence-corrected chi connectivity index (χ2v) is 7.91. The molecule has 128 valence electrons. The van der Waals surface area contributed by atoms with Crippen LogP contribution >= 0.6 is 11.3 Å². The summed E-state index contributed by atoms with van der Waals surface area (Å²) in [5.41, 5.74) is 6.70. The van der Waals surface area contributed by atoms with Crippen molar-refractivity contribution in [2.24, 2.45) is 18.7 Å². The number of fused-ring (bicyclic) bond motifs is 3. The molecule has 2 aliphatic rings. The number of aromatic nitrogens is 2. The van der Waals surface area contributed by atoms with E-state index in [1.807, 2.05) is 0 Å². The normalized spacial score (nSPS) is 18.8. The molecule has 0 aromatic carbocycles. The molecule has 0 spiro atoms. The molecule has 0 atom stereocenters. The van der Waals surface area contributed by atoms with Crippen LogP contribution in [0.15, 0.2) is 4.79 Å². The molecule has 2 N–H and O–H groups in total. The molecule has 2 aromatic heterocycles. The van der Waals surface area contributed by atoms with Crippen LogP contribution in [0.4, 0.5) is 5.95 Å². The van der Waals surface area contributed by atoms with Gasteiger partial charge in [-0.1, -0.05) is 0 Å². The minimum Gasteiger partial charge on any atom is -0.369 e. The lowest BCUT2D eigenvalue weighted by Crippen LogP contribution is -2.41. The summed E-state index contributed by atoms with van der Waals surface area (Å²) in [6.45, 7) is 1.43. The van der Waals surface area contributed by atoms with Gasteiger partial charge in [-0.05, 0) is 44.1 Å². The second-order valence-electron chi connectivity index (χ2n) is 6.83. The van der Waals surface area contributed by atoms with Crippen molar-refractivity contribution in [2.75, 3.05) is 18.0 Å². The van der Waals surface area contributed by atoms with Gasteiger partial charge >= 0.3 is 0 Å². The van der Waals surface area contributed by atoms with E-state index in [0.29, 0.717) is 19.0 Å². The van der Waals surface area contributed by atoms with Crippen molar-refractivity contribution in [1.29, 1.82) is 0 Å². The highest BCUT2D eigenvalue weighted by molar-refractivity contribution is 7.18. The Morgan fingerprint density at radius 2 is 1.96 bits per heavy atom. The Balaban J connectivity index is 1.74. The maximum absolute atomic E-state index is 12.9. The molecule has 0 unspecified atom stereocenters. The van der Waals surface area contributed by atoms with Gasteiger partial charge in [0.05, 0.1) is 5.39 Å². The van der Waals surface area contributed by atoms with Crippen LogP contribution in [0.3, 0.4) is 0 Å². The van der Waals surface area contributed by atoms with Gasteiger partial charge in [0.25, 0.3) is 5.56 Å². The standard InChI is InChI=1S/C17H22N4O2S/c1-20-16(23)13-11-4-2-3-5-12(11)24-15(13)19-17(20)21-8-6-10(7-9-21)14(18)22/h10H,2-9H2,1H3,(H2,18,22). The van der Waals surface area contributed by atoms with Crippen molar-refractivity contribution >= 4 is 33.4 Å². The van der Waals surface area contributed by atoms with Gasteiger partial charge in [0, 0.05) is 30.9 Å². The van der Waals surface area contributed by atoms with E-state index in [1.165, 1.54) is 16.9 Å². The number of carbonyl (C=O) groups excluding carboxylic acids is 1. The fourth-order valence-electron chi connectivity index (χ4n) is 3.92. The first-order valence-corrected chi connectivity index (χ1v) is 9.43. The topological polar surface area (TPSA) is 81.2 Å². The first kappa shape index (κ1) is 15.6. The molecule has 3 heterocycles. The molecular weight excluding hydrogens is 324 g/mol. The van der Waals surface area contributed by atoms with E-state index in [1.54, 1.807) is 23.0 Å². The Morgan fingerprint density at radius 3 is 2.67 bits per heavy atom. The molecule has 4 rings (SSSR count). The van der Waals surface area contributed by atoms with Crippen LogP contribution in [0.2, 0.25) is 0 Å². The summed E-state index contributed by atoms with van der Waals surface area (Å²) >= 11 is 1.68. The third kappa shape index (κ3) is 2.42. The molecular formula is C17H22N4O2S. The monoisotopic (exact) mass is 346 g/mol. The van der Waals surface area contributed by atoms with Gasteiger partial charge in [-0.2, -0.15) is 0 Å². The summed E-state index contributed by atoms with van der Waals surface area (Å²) in [4.78, 5) is 33.4. The quantitative estimate of drug-likeness (QED) is 0.895. The predicted molar refractivity (Wildman–Crippen MR) is 95.6 cm³/mol. The van der Waals surface area contributed by atoms with Crippen molar-refractivity contribution in [3.8, 4) is 0 Å². The number of amides is 1. The lowest BCUT2D eigenvalue weighted by atomic mass is 9.96. The van der Waals surface area contributed by atoms with Crippen LogP contribution in [-0.4, -0.2) is 28.5 Å². The number of piperidine rings is 1. The van der Waals surface area contributed by atoms with Gasteiger partial charge in [-0.3, -0.25) is 14.2 Å². The number of nitrogens with two attached hydrogens (primary N) is 1. The largest absolute Gasteiger partial charge is 0.369 e. The summed E-state index contributed by atoms with van der Waals surface area (Å²) in [6, 6.07) is 0. The van der Waals surface area contributed by atoms with Crippen molar-refractivity contribution in [2.45, 2.75) is 38.5 Å². The van der Waals surface area contributed by atoms with E-state index in [0.717, 1.165) is 42.3 Å². The van der Waals surface area contributed by atoms with Crippen molar-refractivity contribution in [1.82, 2.24) is 9.55 Å². The summed E-state index contributed by atoms with van der Waals surface area (Å²) in [5, 5.41) is 0.827. The summed E-state index contributed by atoms with van der Waals surface area (Å²) < 4.78 is 1.68. The van der Waals surface area contributed by atoms with E-state index in [9.17, 15) is 9.59 Å². The lowest BCUT2D eigenvalue weighted by molar-refractivity contribution is -0.122. The highest BCUT2D eigenvalue weighted by atomic mass is 32.1. The fraction of sp³-hybridized carbons (Fsp3) is 0.588. The molecule has 6 nitrogen and oxygen atoms in total. The average Bonchev–Trinajstić information content (AvgIpc) is 2.96. The average molecular weight is 346 g/mol. The van der Waals surface area contributed by atoms with E-state index in [2.05, 4.69) is 4.90 Å². The number of primary amides is 1. The van der Waals surface area contributed by atoms with Crippen molar-refractivity contribution in [3.05, 3.63) is 20.8 Å². The molecule has 1 aliphatic carbocycles. The van der Waals surface area contributed by atoms with Gasteiger partial charge in [-0.25, -0.2) is 4.98 Å². The number of thiophene rings is 1. The summed E-state index contributed by atoms with van der Waals surface area (Å²) in [6.07, 6.45) is 5.88. The Kier molecular flexibility index (Phi) is 3.83. The fourth-order valence-corrected chi connectivity index (χ4v) is 5.17. The summed E-state index contributed by atoms with van der Waals surface area (Å²) in [7, 11) is 1.80. The number of hydrogen-bond acceptors (Lipinski definition) is 5. The number of nitrogens with zero attached hydrogens (tertiary/aromatic N) is 3. The third-order valence-electron chi connectivity index (χ3n) is 5.35. The molecule has 0 bridgehead atoms. The van der Waals surface area contributed by atoms with Gasteiger partial charge in [0.2, 0.25) is 11.9 Å². The van der Waals surface area contributed by atoms with Crippen LogP contribution in [0.25, 0.3) is 10.2 Å². The Hall–Kier alpha value is -1.89. The van der Waals surface area contributed by atoms with Crippen LogP contribution < -0.4 is 16.2 Å². The number of carbonyl (C=O) groups is 1.